The maximum absolute atomic E-state index is 13.0. The van der Waals surface area contributed by atoms with Gasteiger partial charge in [-0.3, -0.25) is 14.4 Å². The van der Waals surface area contributed by atoms with Crippen LogP contribution in [0.4, 0.5) is 0 Å². The first-order valence-corrected chi connectivity index (χ1v) is 15.1. The third kappa shape index (κ3) is 10.2. The minimum atomic E-state index is -1.27. The molecule has 2 aliphatic rings. The summed E-state index contributed by atoms with van der Waals surface area (Å²) in [6.07, 6.45) is 10.0. The molecule has 10 atom stereocenters. The molecule has 2 rings (SSSR count). The highest BCUT2D eigenvalue weighted by Crippen LogP contribution is 2.35. The Morgan fingerprint density at radius 2 is 1.88 bits per heavy atom. The van der Waals surface area contributed by atoms with Crippen molar-refractivity contribution in [2.45, 2.75) is 124 Å². The van der Waals surface area contributed by atoms with Crippen molar-refractivity contribution in [1.29, 1.82) is 0 Å². The highest BCUT2D eigenvalue weighted by atomic mass is 16.6. The van der Waals surface area contributed by atoms with Crippen molar-refractivity contribution in [3.05, 3.63) is 36.0 Å². The normalized spacial score (nSPS) is 33.7. The molecule has 41 heavy (non-hydrogen) atoms. The quantitative estimate of drug-likeness (QED) is 0.148. The number of Topliss-reactive ketones (excluding diaryl/α,β-unsaturated/α-hetero) is 1. The molecule has 0 aromatic heterocycles. The molecule has 0 spiro atoms. The number of epoxide rings is 1. The van der Waals surface area contributed by atoms with Crippen LogP contribution in [0, 0.1) is 23.7 Å². The smallest absolute Gasteiger partial charge is 0.306 e. The molecule has 1 N–H and O–H groups in total. The summed E-state index contributed by atoms with van der Waals surface area (Å²) in [5, 5.41) is 11.2. The van der Waals surface area contributed by atoms with E-state index in [1.165, 1.54) is 6.92 Å². The van der Waals surface area contributed by atoms with Crippen molar-refractivity contribution < 1.29 is 38.4 Å². The second kappa shape index (κ2) is 15.8. The number of allylic oxidation sites excluding steroid dienone is 3. The van der Waals surface area contributed by atoms with Crippen LogP contribution in [0.2, 0.25) is 0 Å². The lowest BCUT2D eigenvalue weighted by Gasteiger charge is -2.33. The van der Waals surface area contributed by atoms with Gasteiger partial charge in [0.1, 0.15) is 23.9 Å². The van der Waals surface area contributed by atoms with Crippen molar-refractivity contribution in [2.24, 2.45) is 23.7 Å². The van der Waals surface area contributed by atoms with E-state index in [4.69, 9.17) is 18.9 Å². The van der Waals surface area contributed by atoms with Gasteiger partial charge in [-0.25, -0.2) is 0 Å². The van der Waals surface area contributed by atoms with Crippen molar-refractivity contribution >= 4 is 17.7 Å². The molecule has 0 aromatic carbocycles. The Balaban J connectivity index is 2.20. The maximum Gasteiger partial charge on any atom is 0.306 e. The van der Waals surface area contributed by atoms with E-state index < -0.39 is 29.9 Å². The fourth-order valence-corrected chi connectivity index (χ4v) is 5.60. The number of cyclic esters (lactones) is 1. The van der Waals surface area contributed by atoms with Gasteiger partial charge in [0.15, 0.2) is 5.78 Å². The van der Waals surface area contributed by atoms with Crippen molar-refractivity contribution in [3.8, 4) is 0 Å². The first kappa shape index (κ1) is 34.9. The Morgan fingerprint density at radius 3 is 2.46 bits per heavy atom. The van der Waals surface area contributed by atoms with E-state index in [0.29, 0.717) is 12.8 Å². The SMILES string of the molecule is CCC1CCC(C)(O)C(OC(C)=O)C=CC(C)C(C(C)=CC=CC(C)C(=O)C2OC2C(C)C(CC)OC)OC(=O)C1. The van der Waals surface area contributed by atoms with Gasteiger partial charge in [0.25, 0.3) is 0 Å². The largest absolute Gasteiger partial charge is 0.457 e. The first-order chi connectivity index (χ1) is 19.2. The fourth-order valence-electron chi connectivity index (χ4n) is 5.60. The molecule has 10 unspecified atom stereocenters. The van der Waals surface area contributed by atoms with Gasteiger partial charge in [-0.05, 0) is 50.7 Å². The molecule has 2 heterocycles. The summed E-state index contributed by atoms with van der Waals surface area (Å²) in [6.45, 7) is 14.8. The topological polar surface area (TPSA) is 112 Å². The summed E-state index contributed by atoms with van der Waals surface area (Å²) >= 11 is 0. The van der Waals surface area contributed by atoms with Gasteiger partial charge in [0.05, 0.1) is 12.2 Å². The minimum Gasteiger partial charge on any atom is -0.457 e. The van der Waals surface area contributed by atoms with E-state index >= 15 is 0 Å². The van der Waals surface area contributed by atoms with Crippen LogP contribution in [0.25, 0.3) is 0 Å². The van der Waals surface area contributed by atoms with Crippen molar-refractivity contribution in [2.75, 3.05) is 7.11 Å². The molecule has 2 aliphatic heterocycles. The number of hydrogen-bond donors (Lipinski definition) is 1. The molecule has 0 aromatic rings. The molecule has 1 saturated heterocycles. The lowest BCUT2D eigenvalue weighted by Crippen LogP contribution is -2.42. The van der Waals surface area contributed by atoms with Gasteiger partial charge in [0, 0.05) is 38.2 Å². The maximum atomic E-state index is 13.0. The van der Waals surface area contributed by atoms with Gasteiger partial charge in [-0.2, -0.15) is 0 Å². The van der Waals surface area contributed by atoms with Gasteiger partial charge >= 0.3 is 11.9 Å². The van der Waals surface area contributed by atoms with E-state index in [1.807, 2.05) is 52.0 Å². The second-order valence-electron chi connectivity index (χ2n) is 12.1. The number of carbonyl (C=O) groups excluding carboxylic acids is 3. The Kier molecular flexibility index (Phi) is 13.5. The summed E-state index contributed by atoms with van der Waals surface area (Å²) in [5.74, 6) is -1.14. The van der Waals surface area contributed by atoms with E-state index in [-0.39, 0.29) is 54.1 Å². The second-order valence-corrected chi connectivity index (χ2v) is 12.1. The first-order valence-electron chi connectivity index (χ1n) is 15.1. The standard InChI is InChI=1S/C33H52O8/c1-10-25-17-18-33(8,37)27(39-24(7)34)16-15-22(5)30(40-28(35)19-25)21(4)14-12-13-20(3)29(36)32-31(41-32)23(6)26(11-2)38-9/h12-16,20,22-23,25-27,30-32,37H,10-11,17-19H2,1-9H3. The Morgan fingerprint density at radius 1 is 1.20 bits per heavy atom. The van der Waals surface area contributed by atoms with Crippen molar-refractivity contribution in [1.82, 2.24) is 0 Å². The molecule has 8 heteroatoms. The Hall–Kier alpha value is -2.29. The average molecular weight is 577 g/mol. The monoisotopic (exact) mass is 576 g/mol. The Labute approximate surface area is 246 Å². The summed E-state index contributed by atoms with van der Waals surface area (Å²) in [4.78, 5) is 37.7. The van der Waals surface area contributed by atoms with Crippen LogP contribution >= 0.6 is 0 Å². The summed E-state index contributed by atoms with van der Waals surface area (Å²) in [6, 6.07) is 0. The number of aliphatic hydroxyl groups is 1. The molecule has 1 fully saturated rings. The zero-order valence-electron chi connectivity index (χ0n) is 26.4. The van der Waals surface area contributed by atoms with Crippen molar-refractivity contribution in [3.63, 3.8) is 0 Å². The van der Waals surface area contributed by atoms with Crippen LogP contribution in [0.1, 0.15) is 87.5 Å². The van der Waals surface area contributed by atoms with Crippen LogP contribution < -0.4 is 0 Å². The lowest BCUT2D eigenvalue weighted by molar-refractivity contribution is -0.156. The summed E-state index contributed by atoms with van der Waals surface area (Å²) in [7, 11) is 1.68. The van der Waals surface area contributed by atoms with Gasteiger partial charge in [-0.1, -0.05) is 65.3 Å². The average Bonchev–Trinajstić information content (AvgIpc) is 3.72. The van der Waals surface area contributed by atoms with Gasteiger partial charge in [0.2, 0.25) is 0 Å². The number of esters is 2. The molecule has 0 amide bonds. The molecule has 0 radical (unpaired) electrons. The van der Waals surface area contributed by atoms with Crippen LogP contribution in [0.5, 0.6) is 0 Å². The highest BCUT2D eigenvalue weighted by molar-refractivity contribution is 5.89. The van der Waals surface area contributed by atoms with Gasteiger partial charge < -0.3 is 24.1 Å². The van der Waals surface area contributed by atoms with Crippen LogP contribution in [0.3, 0.4) is 0 Å². The molecule has 0 aliphatic carbocycles. The molecular weight excluding hydrogens is 524 g/mol. The minimum absolute atomic E-state index is 0.0371. The number of methoxy groups -OCH3 is 1. The predicted molar refractivity (Wildman–Crippen MR) is 158 cm³/mol. The van der Waals surface area contributed by atoms with Gasteiger partial charge in [-0.15, -0.1) is 0 Å². The number of rotatable bonds is 11. The zero-order valence-corrected chi connectivity index (χ0v) is 26.4. The Bertz CT molecular complexity index is 976. The highest BCUT2D eigenvalue weighted by Gasteiger charge is 2.50. The van der Waals surface area contributed by atoms with E-state index in [9.17, 15) is 19.5 Å². The number of hydrogen-bond acceptors (Lipinski definition) is 8. The van der Waals surface area contributed by atoms with Crippen LogP contribution in [-0.2, 0) is 33.3 Å². The number of ether oxygens (including phenoxy) is 4. The van der Waals surface area contributed by atoms with E-state index in [2.05, 4.69) is 13.8 Å². The molecule has 0 saturated carbocycles. The summed E-state index contributed by atoms with van der Waals surface area (Å²) in [5.41, 5.74) is -0.458. The zero-order chi connectivity index (χ0) is 30.9. The molecule has 232 valence electrons. The van der Waals surface area contributed by atoms with E-state index in [1.54, 1.807) is 20.1 Å². The number of carbonyl (C=O) groups is 3. The molecular formula is C33H52O8. The fraction of sp³-hybridized carbons (Fsp3) is 0.727. The molecule has 0 bridgehead atoms. The third-order valence-corrected chi connectivity index (χ3v) is 8.59. The number of ketones is 1. The van der Waals surface area contributed by atoms with Crippen LogP contribution in [0.15, 0.2) is 36.0 Å². The van der Waals surface area contributed by atoms with Crippen LogP contribution in [-0.4, -0.2) is 66.1 Å². The lowest BCUT2D eigenvalue weighted by atomic mass is 9.85. The van der Waals surface area contributed by atoms with E-state index in [0.717, 1.165) is 18.4 Å². The summed E-state index contributed by atoms with van der Waals surface area (Å²) < 4.78 is 22.7. The third-order valence-electron chi connectivity index (χ3n) is 8.59. The predicted octanol–water partition coefficient (Wildman–Crippen LogP) is 5.52. The molecule has 8 nitrogen and oxygen atoms in total.